The van der Waals surface area contributed by atoms with Crippen LogP contribution in [0, 0.1) is 18.8 Å². The third kappa shape index (κ3) is 2.41. The van der Waals surface area contributed by atoms with Gasteiger partial charge in [-0.3, -0.25) is 0 Å². The summed E-state index contributed by atoms with van der Waals surface area (Å²) in [5.41, 5.74) is 0.456. The second-order valence-corrected chi connectivity index (χ2v) is 3.41. The van der Waals surface area contributed by atoms with Crippen molar-refractivity contribution in [3.63, 3.8) is 0 Å². The van der Waals surface area contributed by atoms with Crippen LogP contribution >= 0.6 is 11.3 Å². The Hall–Kier alpha value is -1.67. The van der Waals surface area contributed by atoms with E-state index in [0.29, 0.717) is 17.0 Å². The number of aryl methyl sites for hydroxylation is 1. The molecular weight excluding hydrogens is 202 g/mol. The van der Waals surface area contributed by atoms with E-state index in [4.69, 9.17) is 5.11 Å². The summed E-state index contributed by atoms with van der Waals surface area (Å²) in [5, 5.41) is 9.15. The van der Waals surface area contributed by atoms with E-state index in [2.05, 4.69) is 16.8 Å². The van der Waals surface area contributed by atoms with E-state index in [0.717, 1.165) is 11.3 Å². The Balaban J connectivity index is 2.93. The SMILES string of the molecule is Cc1nc(C#CCC=O)sc1C(=O)O. The summed E-state index contributed by atoms with van der Waals surface area (Å²) in [5.74, 6) is 4.20. The number of rotatable bonds is 2. The van der Waals surface area contributed by atoms with Crippen molar-refractivity contribution in [1.82, 2.24) is 4.98 Å². The van der Waals surface area contributed by atoms with Crippen LogP contribution in [0.1, 0.15) is 26.8 Å². The zero-order chi connectivity index (χ0) is 10.6. The molecule has 0 bridgehead atoms. The maximum atomic E-state index is 10.6. The van der Waals surface area contributed by atoms with Crippen molar-refractivity contribution in [2.45, 2.75) is 13.3 Å². The first kappa shape index (κ1) is 10.4. The molecule has 1 N–H and O–H groups in total. The molecular formula is C9H7NO3S. The van der Waals surface area contributed by atoms with Crippen molar-refractivity contribution in [3.8, 4) is 11.8 Å². The number of thiazole rings is 1. The van der Waals surface area contributed by atoms with Gasteiger partial charge in [-0.25, -0.2) is 9.78 Å². The highest BCUT2D eigenvalue weighted by Crippen LogP contribution is 2.16. The van der Waals surface area contributed by atoms with Gasteiger partial charge in [-0.2, -0.15) is 0 Å². The second-order valence-electron chi connectivity index (χ2n) is 2.41. The second kappa shape index (κ2) is 4.53. The highest BCUT2D eigenvalue weighted by Gasteiger charge is 2.12. The largest absolute Gasteiger partial charge is 0.477 e. The van der Waals surface area contributed by atoms with E-state index in [1.165, 1.54) is 0 Å². The van der Waals surface area contributed by atoms with E-state index in [9.17, 15) is 9.59 Å². The summed E-state index contributed by atoms with van der Waals surface area (Å²) >= 11 is 1.02. The Kier molecular flexibility index (Phi) is 3.37. The minimum atomic E-state index is -0.997. The number of hydrogen-bond donors (Lipinski definition) is 1. The highest BCUT2D eigenvalue weighted by molar-refractivity contribution is 7.14. The highest BCUT2D eigenvalue weighted by atomic mass is 32.1. The fourth-order valence-electron chi connectivity index (χ4n) is 0.817. The minimum absolute atomic E-state index is 0.140. The van der Waals surface area contributed by atoms with Gasteiger partial charge in [0, 0.05) is 0 Å². The van der Waals surface area contributed by atoms with Crippen LogP contribution in [0.5, 0.6) is 0 Å². The standard InChI is InChI=1S/C9H7NO3S/c1-6-8(9(12)13)14-7(10-6)4-2-3-5-11/h5H,3H2,1H3,(H,12,13). The number of carbonyl (C=O) groups excluding carboxylic acids is 1. The van der Waals surface area contributed by atoms with Gasteiger partial charge >= 0.3 is 5.97 Å². The smallest absolute Gasteiger partial charge is 0.347 e. The van der Waals surface area contributed by atoms with Crippen LogP contribution in [-0.2, 0) is 4.79 Å². The Labute approximate surface area is 84.6 Å². The van der Waals surface area contributed by atoms with E-state index in [-0.39, 0.29) is 11.3 Å². The molecule has 4 nitrogen and oxygen atoms in total. The van der Waals surface area contributed by atoms with Crippen molar-refractivity contribution in [1.29, 1.82) is 0 Å². The van der Waals surface area contributed by atoms with Gasteiger partial charge in [0.15, 0.2) is 5.01 Å². The Morgan fingerprint density at radius 1 is 1.71 bits per heavy atom. The average molecular weight is 209 g/mol. The zero-order valence-corrected chi connectivity index (χ0v) is 8.22. The first-order valence-electron chi connectivity index (χ1n) is 3.78. The van der Waals surface area contributed by atoms with Gasteiger partial charge in [0.05, 0.1) is 12.1 Å². The van der Waals surface area contributed by atoms with Gasteiger partial charge in [0.1, 0.15) is 11.2 Å². The third-order valence-electron chi connectivity index (χ3n) is 1.37. The van der Waals surface area contributed by atoms with Crippen LogP contribution in [0.25, 0.3) is 0 Å². The topological polar surface area (TPSA) is 67.3 Å². The average Bonchev–Trinajstić information content (AvgIpc) is 2.47. The molecule has 0 aliphatic carbocycles. The molecule has 0 aliphatic rings. The molecule has 0 saturated heterocycles. The van der Waals surface area contributed by atoms with Crippen molar-refractivity contribution in [2.75, 3.05) is 0 Å². The molecule has 0 radical (unpaired) electrons. The van der Waals surface area contributed by atoms with Gasteiger partial charge in [0.2, 0.25) is 0 Å². The van der Waals surface area contributed by atoms with Gasteiger partial charge in [-0.1, -0.05) is 17.3 Å². The third-order valence-corrected chi connectivity index (χ3v) is 2.43. The van der Waals surface area contributed by atoms with Crippen LogP contribution in [0.2, 0.25) is 0 Å². The number of nitrogens with zero attached hydrogens (tertiary/aromatic N) is 1. The predicted molar refractivity (Wildman–Crippen MR) is 51.4 cm³/mol. The molecule has 0 saturated carbocycles. The van der Waals surface area contributed by atoms with Crippen LogP contribution in [0.15, 0.2) is 0 Å². The molecule has 0 aromatic carbocycles. The van der Waals surface area contributed by atoms with E-state index in [1.807, 2.05) is 0 Å². The molecule has 0 fully saturated rings. The lowest BCUT2D eigenvalue weighted by Crippen LogP contribution is -1.94. The summed E-state index contributed by atoms with van der Waals surface area (Å²) in [6.07, 6.45) is 0.826. The number of aromatic nitrogens is 1. The maximum Gasteiger partial charge on any atom is 0.347 e. The Morgan fingerprint density at radius 2 is 2.43 bits per heavy atom. The van der Waals surface area contributed by atoms with Crippen LogP contribution in [-0.4, -0.2) is 22.3 Å². The van der Waals surface area contributed by atoms with Crippen molar-refractivity contribution < 1.29 is 14.7 Å². The molecule has 0 unspecified atom stereocenters. The van der Waals surface area contributed by atoms with Gasteiger partial charge in [-0.05, 0) is 12.8 Å². The van der Waals surface area contributed by atoms with E-state index >= 15 is 0 Å². The van der Waals surface area contributed by atoms with Crippen molar-refractivity contribution in [2.24, 2.45) is 0 Å². The van der Waals surface area contributed by atoms with Gasteiger partial charge < -0.3 is 9.90 Å². The molecule has 0 spiro atoms. The minimum Gasteiger partial charge on any atom is -0.477 e. The van der Waals surface area contributed by atoms with E-state index in [1.54, 1.807) is 6.92 Å². The Morgan fingerprint density at radius 3 is 2.93 bits per heavy atom. The first-order chi connectivity index (χ1) is 6.65. The molecule has 5 heteroatoms. The maximum absolute atomic E-state index is 10.6. The lowest BCUT2D eigenvalue weighted by molar-refractivity contribution is -0.107. The number of aromatic carboxylic acids is 1. The molecule has 1 heterocycles. The van der Waals surface area contributed by atoms with E-state index < -0.39 is 5.97 Å². The quantitative estimate of drug-likeness (QED) is 0.584. The lowest BCUT2D eigenvalue weighted by Gasteiger charge is -1.84. The number of hydrogen-bond acceptors (Lipinski definition) is 4. The zero-order valence-electron chi connectivity index (χ0n) is 7.40. The number of carboxylic acids is 1. The number of carboxylic acid groups (broad SMARTS) is 1. The molecule has 1 rings (SSSR count). The normalized spacial score (nSPS) is 8.93. The Bertz CT molecular complexity index is 425. The molecule has 0 aliphatic heterocycles. The summed E-state index contributed by atoms with van der Waals surface area (Å²) < 4.78 is 0. The monoisotopic (exact) mass is 209 g/mol. The summed E-state index contributed by atoms with van der Waals surface area (Å²) in [6.45, 7) is 1.62. The van der Waals surface area contributed by atoms with Gasteiger partial charge in [0.25, 0.3) is 0 Å². The fourth-order valence-corrected chi connectivity index (χ4v) is 1.60. The number of carbonyl (C=O) groups is 2. The van der Waals surface area contributed by atoms with Crippen LogP contribution in [0.3, 0.4) is 0 Å². The molecule has 0 amide bonds. The summed E-state index contributed by atoms with van der Waals surface area (Å²) in [6, 6.07) is 0. The molecule has 14 heavy (non-hydrogen) atoms. The summed E-state index contributed by atoms with van der Waals surface area (Å²) in [7, 11) is 0. The molecule has 1 aromatic heterocycles. The van der Waals surface area contributed by atoms with Crippen molar-refractivity contribution in [3.05, 3.63) is 15.6 Å². The van der Waals surface area contributed by atoms with Crippen LogP contribution < -0.4 is 0 Å². The number of aldehydes is 1. The predicted octanol–water partition coefficient (Wildman–Crippen LogP) is 1.09. The first-order valence-corrected chi connectivity index (χ1v) is 4.60. The molecule has 0 atom stereocenters. The van der Waals surface area contributed by atoms with Gasteiger partial charge in [-0.15, -0.1) is 0 Å². The van der Waals surface area contributed by atoms with Crippen LogP contribution in [0.4, 0.5) is 0 Å². The molecule has 72 valence electrons. The lowest BCUT2D eigenvalue weighted by atomic mass is 10.4. The summed E-state index contributed by atoms with van der Waals surface area (Å²) in [4.78, 5) is 24.7. The fraction of sp³-hybridized carbons (Fsp3) is 0.222. The van der Waals surface area contributed by atoms with Crippen molar-refractivity contribution >= 4 is 23.6 Å². The molecule has 1 aromatic rings.